The van der Waals surface area contributed by atoms with Gasteiger partial charge in [-0.05, 0) is 12.1 Å². The Morgan fingerprint density at radius 1 is 1.26 bits per heavy atom. The summed E-state index contributed by atoms with van der Waals surface area (Å²) < 4.78 is 19.3. The van der Waals surface area contributed by atoms with Crippen LogP contribution in [0.4, 0.5) is 5.13 Å². The van der Waals surface area contributed by atoms with Gasteiger partial charge in [-0.15, -0.1) is 10.2 Å². The molecular weight excluding hydrogens is 438 g/mol. The van der Waals surface area contributed by atoms with E-state index < -0.39 is 0 Å². The zero-order chi connectivity index (χ0) is 21.2. The number of hydrogen-bond acceptors (Lipinski definition) is 9. The molecule has 9 nitrogen and oxygen atoms in total. The summed E-state index contributed by atoms with van der Waals surface area (Å²) in [7, 11) is 1.61. The number of amides is 1. The van der Waals surface area contributed by atoms with Gasteiger partial charge in [-0.25, -0.2) is 4.98 Å². The molecule has 158 valence electrons. The van der Waals surface area contributed by atoms with Gasteiger partial charge >= 0.3 is 0 Å². The van der Waals surface area contributed by atoms with Crippen LogP contribution in [0.1, 0.15) is 0 Å². The second-order valence-electron chi connectivity index (χ2n) is 6.47. The predicted molar refractivity (Wildman–Crippen MR) is 118 cm³/mol. The topological polar surface area (TPSA) is 100 Å². The monoisotopic (exact) mass is 455 g/mol. The van der Waals surface area contributed by atoms with E-state index in [4.69, 9.17) is 14.2 Å². The first-order chi connectivity index (χ1) is 15.2. The number of carbonyl (C=O) groups excluding carboxylic acids is 1. The smallest absolute Gasteiger partial charge is 0.236 e. The van der Waals surface area contributed by atoms with Crippen molar-refractivity contribution < 1.29 is 19.0 Å². The lowest BCUT2D eigenvalue weighted by molar-refractivity contribution is -0.113. The third kappa shape index (κ3) is 4.01. The fourth-order valence-corrected chi connectivity index (χ4v) is 4.73. The first-order valence-electron chi connectivity index (χ1n) is 9.37. The Balaban J connectivity index is 1.27. The fraction of sp³-hybridized carbons (Fsp3) is 0.200. The quantitative estimate of drug-likeness (QED) is 0.442. The number of thiazole rings is 1. The average molecular weight is 456 g/mol. The van der Waals surface area contributed by atoms with Crippen LogP contribution in [0.2, 0.25) is 0 Å². The molecule has 2 aromatic heterocycles. The Morgan fingerprint density at radius 2 is 2.06 bits per heavy atom. The van der Waals surface area contributed by atoms with Crippen LogP contribution in [0.15, 0.2) is 47.9 Å². The second-order valence-corrected chi connectivity index (χ2v) is 8.45. The maximum atomic E-state index is 12.5. The number of ether oxygens (including phenoxy) is 3. The van der Waals surface area contributed by atoms with Crippen LogP contribution in [0.25, 0.3) is 15.9 Å². The van der Waals surface area contributed by atoms with E-state index in [-0.39, 0.29) is 11.7 Å². The molecule has 0 saturated heterocycles. The molecular formula is C20H17N5O4S2. The van der Waals surface area contributed by atoms with Crippen molar-refractivity contribution in [3.8, 4) is 22.9 Å². The minimum absolute atomic E-state index is 0.159. The third-order valence-electron chi connectivity index (χ3n) is 4.49. The van der Waals surface area contributed by atoms with E-state index in [0.29, 0.717) is 40.8 Å². The van der Waals surface area contributed by atoms with Crippen molar-refractivity contribution in [3.05, 3.63) is 42.7 Å². The van der Waals surface area contributed by atoms with Crippen molar-refractivity contribution in [2.75, 3.05) is 31.4 Å². The van der Waals surface area contributed by atoms with Gasteiger partial charge in [0.15, 0.2) is 21.8 Å². The Labute approximate surface area is 185 Å². The lowest BCUT2D eigenvalue weighted by atomic mass is 10.3. The molecule has 0 radical (unpaired) electrons. The van der Waals surface area contributed by atoms with Gasteiger partial charge in [-0.2, -0.15) is 0 Å². The van der Waals surface area contributed by atoms with Gasteiger partial charge in [0.05, 0.1) is 28.8 Å². The molecule has 1 amide bonds. The lowest BCUT2D eigenvalue weighted by Crippen LogP contribution is -2.15. The minimum atomic E-state index is -0.184. The van der Waals surface area contributed by atoms with E-state index in [1.54, 1.807) is 18.0 Å². The number of nitrogens with zero attached hydrogens (tertiary/aromatic N) is 4. The van der Waals surface area contributed by atoms with E-state index >= 15 is 0 Å². The molecule has 0 spiro atoms. The lowest BCUT2D eigenvalue weighted by Gasteiger charge is -2.17. The van der Waals surface area contributed by atoms with Gasteiger partial charge in [-0.1, -0.05) is 35.2 Å². The maximum absolute atomic E-state index is 12.5. The number of fused-ring (bicyclic) bond motifs is 2. The third-order valence-corrected chi connectivity index (χ3v) is 6.37. The standard InChI is InChI=1S/C20H17N5O4S2/c1-27-14-5-3-2-4-13(14)25-11-21-24-20(25)30-10-18(26)23-19-22-12-8-15-16(9-17(12)31-19)29-7-6-28-15/h2-5,8-9,11H,6-7,10H2,1H3,(H,22,23,26). The summed E-state index contributed by atoms with van der Waals surface area (Å²) in [6.45, 7) is 1.04. The SMILES string of the molecule is COc1ccccc1-n1cnnc1SCC(=O)Nc1nc2cc3c(cc2s1)OCCO3. The largest absolute Gasteiger partial charge is 0.495 e. The summed E-state index contributed by atoms with van der Waals surface area (Å²) in [6.07, 6.45) is 1.59. The molecule has 0 unspecified atom stereocenters. The van der Waals surface area contributed by atoms with Crippen molar-refractivity contribution >= 4 is 44.4 Å². The Bertz CT molecular complexity index is 1210. The van der Waals surface area contributed by atoms with Crippen LogP contribution in [0.5, 0.6) is 17.2 Å². The zero-order valence-corrected chi connectivity index (χ0v) is 18.0. The molecule has 5 rings (SSSR count). The first-order valence-corrected chi connectivity index (χ1v) is 11.2. The van der Waals surface area contributed by atoms with Gasteiger partial charge < -0.3 is 19.5 Å². The summed E-state index contributed by atoms with van der Waals surface area (Å²) in [4.78, 5) is 17.0. The summed E-state index contributed by atoms with van der Waals surface area (Å²) in [5.41, 5.74) is 1.56. The summed E-state index contributed by atoms with van der Waals surface area (Å²) >= 11 is 2.67. The highest BCUT2D eigenvalue weighted by Gasteiger charge is 2.17. The molecule has 0 aliphatic carbocycles. The highest BCUT2D eigenvalue weighted by molar-refractivity contribution is 7.99. The summed E-state index contributed by atoms with van der Waals surface area (Å²) in [5, 5.41) is 12.1. The van der Waals surface area contributed by atoms with Crippen LogP contribution in [-0.2, 0) is 4.79 Å². The number of benzene rings is 2. The van der Waals surface area contributed by atoms with E-state index in [1.165, 1.54) is 23.1 Å². The van der Waals surface area contributed by atoms with Crippen LogP contribution in [0, 0.1) is 0 Å². The van der Waals surface area contributed by atoms with E-state index in [9.17, 15) is 4.79 Å². The van der Waals surface area contributed by atoms with Crippen molar-refractivity contribution in [3.63, 3.8) is 0 Å². The number of hydrogen-bond donors (Lipinski definition) is 1. The number of nitrogens with one attached hydrogen (secondary N) is 1. The van der Waals surface area contributed by atoms with E-state index in [1.807, 2.05) is 36.4 Å². The molecule has 0 saturated carbocycles. The maximum Gasteiger partial charge on any atom is 0.236 e. The molecule has 0 fully saturated rings. The second kappa shape index (κ2) is 8.44. The normalized spacial score (nSPS) is 12.7. The number of anilines is 1. The number of carbonyl (C=O) groups is 1. The van der Waals surface area contributed by atoms with E-state index in [2.05, 4.69) is 20.5 Å². The van der Waals surface area contributed by atoms with Crippen molar-refractivity contribution in [2.45, 2.75) is 5.16 Å². The van der Waals surface area contributed by atoms with Crippen molar-refractivity contribution in [1.29, 1.82) is 0 Å². The Morgan fingerprint density at radius 3 is 2.90 bits per heavy atom. The number of methoxy groups -OCH3 is 1. The predicted octanol–water partition coefficient (Wildman–Crippen LogP) is 3.39. The van der Waals surface area contributed by atoms with Crippen molar-refractivity contribution in [1.82, 2.24) is 19.7 Å². The van der Waals surface area contributed by atoms with Gasteiger partial charge in [0, 0.05) is 12.1 Å². The van der Waals surface area contributed by atoms with Gasteiger partial charge in [-0.3, -0.25) is 9.36 Å². The van der Waals surface area contributed by atoms with Crippen molar-refractivity contribution in [2.24, 2.45) is 0 Å². The number of aromatic nitrogens is 4. The Kier molecular flexibility index (Phi) is 5.35. The molecule has 1 aliphatic rings. The molecule has 0 bridgehead atoms. The van der Waals surface area contributed by atoms with E-state index in [0.717, 1.165) is 15.9 Å². The van der Waals surface area contributed by atoms with Crippen LogP contribution < -0.4 is 19.5 Å². The number of thioether (sulfide) groups is 1. The van der Waals surface area contributed by atoms with Crippen LogP contribution in [-0.4, -0.2) is 51.7 Å². The summed E-state index contributed by atoms with van der Waals surface area (Å²) in [5.74, 6) is 2.04. The molecule has 1 aliphatic heterocycles. The zero-order valence-electron chi connectivity index (χ0n) is 16.4. The van der Waals surface area contributed by atoms with Crippen LogP contribution in [0.3, 0.4) is 0 Å². The Hall–Kier alpha value is -3.31. The number of para-hydroxylation sites is 2. The van der Waals surface area contributed by atoms with Crippen LogP contribution >= 0.6 is 23.1 Å². The molecule has 3 heterocycles. The first kappa shape index (κ1) is 19.6. The molecule has 1 N–H and O–H groups in total. The van der Waals surface area contributed by atoms with Gasteiger partial charge in [0.2, 0.25) is 5.91 Å². The highest BCUT2D eigenvalue weighted by atomic mass is 32.2. The highest BCUT2D eigenvalue weighted by Crippen LogP contribution is 2.38. The molecule has 4 aromatic rings. The summed E-state index contributed by atoms with van der Waals surface area (Å²) in [6, 6.07) is 11.3. The number of rotatable bonds is 6. The average Bonchev–Trinajstić information content (AvgIpc) is 3.41. The van der Waals surface area contributed by atoms with Gasteiger partial charge in [0.25, 0.3) is 0 Å². The fourth-order valence-electron chi connectivity index (χ4n) is 3.12. The molecule has 2 aromatic carbocycles. The minimum Gasteiger partial charge on any atom is -0.495 e. The molecule has 31 heavy (non-hydrogen) atoms. The van der Waals surface area contributed by atoms with Gasteiger partial charge in [0.1, 0.15) is 25.3 Å². The molecule has 0 atom stereocenters. The molecule has 11 heteroatoms.